The number of fused-ring (bicyclic) bond motifs is 1. The quantitative estimate of drug-likeness (QED) is 0.569. The number of methoxy groups -OCH3 is 1. The highest BCUT2D eigenvalue weighted by Crippen LogP contribution is 2.42. The van der Waals surface area contributed by atoms with E-state index < -0.39 is 5.97 Å². The van der Waals surface area contributed by atoms with Crippen LogP contribution in [0.25, 0.3) is 0 Å². The van der Waals surface area contributed by atoms with Gasteiger partial charge >= 0.3 is 11.9 Å². The smallest absolute Gasteiger partial charge is 0.336 e. The number of thioether (sulfide) groups is 1. The number of nitrogens with zero attached hydrogens (tertiary/aromatic N) is 1. The Kier molecular flexibility index (Phi) is 2.91. The van der Waals surface area contributed by atoms with Crippen molar-refractivity contribution in [3.8, 4) is 0 Å². The fraction of sp³-hybridized carbons (Fsp3) is 0.400. The Morgan fingerprint density at radius 1 is 1.56 bits per heavy atom. The average Bonchev–Trinajstić information content (AvgIpc) is 2.79. The van der Waals surface area contributed by atoms with Crippen LogP contribution in [0.1, 0.15) is 6.42 Å². The number of esters is 1. The monoisotopic (exact) mass is 241 g/mol. The van der Waals surface area contributed by atoms with Crippen molar-refractivity contribution in [2.45, 2.75) is 6.42 Å². The number of carbonyl (C=O) groups is 2. The van der Waals surface area contributed by atoms with Gasteiger partial charge in [0.15, 0.2) is 0 Å². The van der Waals surface area contributed by atoms with Crippen molar-refractivity contribution in [3.63, 3.8) is 0 Å². The van der Waals surface area contributed by atoms with E-state index in [-0.39, 0.29) is 5.97 Å². The van der Waals surface area contributed by atoms with Crippen LogP contribution in [0, 0.1) is 0 Å². The third kappa shape index (κ3) is 1.80. The van der Waals surface area contributed by atoms with Crippen LogP contribution >= 0.6 is 11.8 Å². The van der Waals surface area contributed by atoms with Gasteiger partial charge in [-0.1, -0.05) is 0 Å². The van der Waals surface area contributed by atoms with E-state index in [1.807, 2.05) is 4.90 Å². The van der Waals surface area contributed by atoms with E-state index >= 15 is 0 Å². The molecule has 0 aromatic heterocycles. The van der Waals surface area contributed by atoms with Gasteiger partial charge < -0.3 is 14.7 Å². The molecular formula is C10H11NO4S. The summed E-state index contributed by atoms with van der Waals surface area (Å²) in [6.45, 7) is 0.659. The number of aliphatic carboxylic acids is 1. The first-order chi connectivity index (χ1) is 7.63. The topological polar surface area (TPSA) is 66.8 Å². The zero-order chi connectivity index (χ0) is 11.7. The molecular weight excluding hydrogens is 230 g/mol. The van der Waals surface area contributed by atoms with Crippen molar-refractivity contribution < 1.29 is 19.4 Å². The summed E-state index contributed by atoms with van der Waals surface area (Å²) in [5.41, 5.74) is 1.40. The SMILES string of the molecule is COC(=O)C1=C2SCC(=CC(=O)O)N2CC1. The van der Waals surface area contributed by atoms with Crippen molar-refractivity contribution >= 4 is 23.7 Å². The van der Waals surface area contributed by atoms with Gasteiger partial charge in [0.05, 0.1) is 17.7 Å². The fourth-order valence-corrected chi connectivity index (χ4v) is 3.08. The number of carboxylic acid groups (broad SMARTS) is 1. The molecule has 5 nitrogen and oxygen atoms in total. The second-order valence-corrected chi connectivity index (χ2v) is 4.40. The van der Waals surface area contributed by atoms with Gasteiger partial charge in [-0.15, -0.1) is 11.8 Å². The molecule has 2 aliphatic rings. The van der Waals surface area contributed by atoms with E-state index in [2.05, 4.69) is 4.74 Å². The number of hydrogen-bond acceptors (Lipinski definition) is 5. The van der Waals surface area contributed by atoms with Crippen molar-refractivity contribution in [3.05, 3.63) is 22.4 Å². The van der Waals surface area contributed by atoms with Gasteiger partial charge in [-0.2, -0.15) is 0 Å². The summed E-state index contributed by atoms with van der Waals surface area (Å²) in [7, 11) is 1.35. The molecule has 0 amide bonds. The summed E-state index contributed by atoms with van der Waals surface area (Å²) in [5.74, 6) is -0.674. The maximum atomic E-state index is 11.4. The summed E-state index contributed by atoms with van der Waals surface area (Å²) in [4.78, 5) is 23.9. The zero-order valence-corrected chi connectivity index (χ0v) is 9.54. The van der Waals surface area contributed by atoms with Gasteiger partial charge in [-0.25, -0.2) is 9.59 Å². The molecule has 0 aliphatic carbocycles. The van der Waals surface area contributed by atoms with E-state index in [0.717, 1.165) is 10.7 Å². The lowest BCUT2D eigenvalue weighted by Gasteiger charge is -2.13. The number of carboxylic acids is 1. The van der Waals surface area contributed by atoms with Crippen molar-refractivity contribution in [2.24, 2.45) is 0 Å². The molecule has 0 saturated carbocycles. The minimum atomic E-state index is -0.955. The Balaban J connectivity index is 2.27. The molecule has 0 spiro atoms. The molecule has 0 aromatic rings. The number of hydrogen-bond donors (Lipinski definition) is 1. The van der Waals surface area contributed by atoms with Crippen LogP contribution in [0.4, 0.5) is 0 Å². The van der Waals surface area contributed by atoms with Crippen molar-refractivity contribution in [1.82, 2.24) is 4.90 Å². The number of carbonyl (C=O) groups excluding carboxylic acids is 1. The van der Waals surface area contributed by atoms with Crippen LogP contribution in [0.5, 0.6) is 0 Å². The molecule has 1 fully saturated rings. The Hall–Kier alpha value is -1.43. The molecule has 86 valence electrons. The molecule has 2 heterocycles. The highest BCUT2D eigenvalue weighted by Gasteiger charge is 2.34. The standard InChI is InChI=1S/C10H11NO4S/c1-15-10(14)7-2-3-11-6(4-8(12)13)5-16-9(7)11/h4H,2-3,5H2,1H3,(H,12,13). The van der Waals surface area contributed by atoms with Crippen LogP contribution in [0.2, 0.25) is 0 Å². The number of ether oxygens (including phenoxy) is 1. The van der Waals surface area contributed by atoms with Gasteiger partial charge in [0.2, 0.25) is 0 Å². The van der Waals surface area contributed by atoms with E-state index in [0.29, 0.717) is 24.3 Å². The first kappa shape index (κ1) is 11.1. The Labute approximate surface area is 96.7 Å². The lowest BCUT2D eigenvalue weighted by Crippen LogP contribution is -2.14. The maximum Gasteiger partial charge on any atom is 0.336 e. The van der Waals surface area contributed by atoms with Crippen LogP contribution in [0.15, 0.2) is 22.4 Å². The molecule has 0 aromatic carbocycles. The fourth-order valence-electron chi connectivity index (χ4n) is 1.83. The van der Waals surface area contributed by atoms with Crippen molar-refractivity contribution in [1.29, 1.82) is 0 Å². The number of rotatable bonds is 2. The normalized spacial score (nSPS) is 21.6. The molecule has 0 unspecified atom stereocenters. The molecule has 2 rings (SSSR count). The molecule has 0 radical (unpaired) electrons. The zero-order valence-electron chi connectivity index (χ0n) is 8.73. The van der Waals surface area contributed by atoms with E-state index in [1.54, 1.807) is 0 Å². The molecule has 16 heavy (non-hydrogen) atoms. The van der Waals surface area contributed by atoms with Gasteiger partial charge in [0, 0.05) is 30.5 Å². The van der Waals surface area contributed by atoms with Crippen LogP contribution in [-0.4, -0.2) is 41.4 Å². The summed E-state index contributed by atoms with van der Waals surface area (Å²) >= 11 is 1.49. The summed E-state index contributed by atoms with van der Waals surface area (Å²) < 4.78 is 4.69. The lowest BCUT2D eigenvalue weighted by atomic mass is 10.2. The van der Waals surface area contributed by atoms with E-state index in [9.17, 15) is 9.59 Å². The maximum absolute atomic E-state index is 11.4. The molecule has 1 N–H and O–H groups in total. The van der Waals surface area contributed by atoms with E-state index in [1.165, 1.54) is 24.9 Å². The van der Waals surface area contributed by atoms with Crippen LogP contribution in [0.3, 0.4) is 0 Å². The minimum Gasteiger partial charge on any atom is -0.478 e. The Morgan fingerprint density at radius 3 is 2.94 bits per heavy atom. The van der Waals surface area contributed by atoms with Crippen LogP contribution in [-0.2, 0) is 14.3 Å². The first-order valence-corrected chi connectivity index (χ1v) is 5.77. The molecule has 0 bridgehead atoms. The summed E-state index contributed by atoms with van der Waals surface area (Å²) in [6.07, 6.45) is 1.81. The third-order valence-corrected chi connectivity index (χ3v) is 3.69. The third-order valence-electron chi connectivity index (χ3n) is 2.51. The second kappa shape index (κ2) is 4.21. The summed E-state index contributed by atoms with van der Waals surface area (Å²) in [5, 5.41) is 9.54. The Bertz CT molecular complexity index is 413. The largest absolute Gasteiger partial charge is 0.478 e. The van der Waals surface area contributed by atoms with Gasteiger partial charge in [-0.05, 0) is 0 Å². The Morgan fingerprint density at radius 2 is 2.31 bits per heavy atom. The van der Waals surface area contributed by atoms with Gasteiger partial charge in [0.25, 0.3) is 0 Å². The molecule has 0 atom stereocenters. The van der Waals surface area contributed by atoms with Crippen molar-refractivity contribution in [2.75, 3.05) is 19.4 Å². The van der Waals surface area contributed by atoms with E-state index in [4.69, 9.17) is 5.11 Å². The molecule has 1 saturated heterocycles. The molecule has 2 aliphatic heterocycles. The van der Waals surface area contributed by atoms with Gasteiger partial charge in [0.1, 0.15) is 0 Å². The summed E-state index contributed by atoms with van der Waals surface area (Å²) in [6, 6.07) is 0. The van der Waals surface area contributed by atoms with Gasteiger partial charge in [-0.3, -0.25) is 0 Å². The first-order valence-electron chi connectivity index (χ1n) is 4.78. The highest BCUT2D eigenvalue weighted by atomic mass is 32.2. The predicted molar refractivity (Wildman–Crippen MR) is 58.5 cm³/mol. The average molecular weight is 241 g/mol. The predicted octanol–water partition coefficient (Wildman–Crippen LogP) is 0.792. The lowest BCUT2D eigenvalue weighted by molar-refractivity contribution is -0.136. The highest BCUT2D eigenvalue weighted by molar-refractivity contribution is 8.03. The second-order valence-electron chi connectivity index (χ2n) is 3.44. The molecule has 6 heteroatoms. The minimum absolute atomic E-state index is 0.318. The van der Waals surface area contributed by atoms with Crippen LogP contribution < -0.4 is 0 Å².